The van der Waals surface area contributed by atoms with E-state index in [0.29, 0.717) is 13.0 Å². The molecule has 0 atom stereocenters. The summed E-state index contributed by atoms with van der Waals surface area (Å²) >= 11 is 0. The van der Waals surface area contributed by atoms with E-state index in [2.05, 4.69) is 11.9 Å². The first kappa shape index (κ1) is 18.0. The van der Waals surface area contributed by atoms with Crippen molar-refractivity contribution in [2.24, 2.45) is 0 Å². The van der Waals surface area contributed by atoms with Gasteiger partial charge in [0.25, 0.3) is 0 Å². The Kier molecular flexibility index (Phi) is 10.3. The van der Waals surface area contributed by atoms with E-state index in [9.17, 15) is 9.59 Å². The fraction of sp³-hybridized carbons (Fsp3) is 0.538. The second kappa shape index (κ2) is 9.78. The minimum Gasteiger partial charge on any atom is -0.372 e. The fourth-order valence-corrected chi connectivity index (χ4v) is 0.544. The van der Waals surface area contributed by atoms with Gasteiger partial charge in [0.05, 0.1) is 12.2 Å². The molecule has 1 amide bonds. The number of nitrogens with one attached hydrogen (secondary N) is 1. The highest BCUT2D eigenvalue weighted by Gasteiger charge is 2.08. The maximum atomic E-state index is 10.1. The molecular formula is C13H23NO3. The predicted octanol–water partition coefficient (Wildman–Crippen LogP) is 2.21. The zero-order valence-corrected chi connectivity index (χ0v) is 11.4. The highest BCUT2D eigenvalue weighted by atomic mass is 16.5. The first-order valence-electron chi connectivity index (χ1n) is 5.34. The van der Waals surface area contributed by atoms with Crippen LogP contribution in [0.3, 0.4) is 0 Å². The third-order valence-corrected chi connectivity index (χ3v) is 1.23. The second-order valence-corrected chi connectivity index (χ2v) is 4.59. The van der Waals surface area contributed by atoms with Crippen molar-refractivity contribution < 1.29 is 14.3 Å². The van der Waals surface area contributed by atoms with Crippen LogP contribution < -0.4 is 5.32 Å². The minimum absolute atomic E-state index is 0.0288. The van der Waals surface area contributed by atoms with Crippen molar-refractivity contribution in [2.45, 2.75) is 40.2 Å². The number of allylic oxidation sites excluding steroid dienone is 1. The number of carbonyl (C=O) groups excluding carboxylic acids is 2. The van der Waals surface area contributed by atoms with Crippen LogP contribution in [0.15, 0.2) is 24.4 Å². The molecule has 1 N–H and O–H groups in total. The van der Waals surface area contributed by atoms with Gasteiger partial charge in [-0.1, -0.05) is 12.2 Å². The molecule has 0 aliphatic carbocycles. The molecule has 0 saturated carbocycles. The Morgan fingerprint density at radius 1 is 1.35 bits per heavy atom. The molecule has 0 aromatic heterocycles. The van der Waals surface area contributed by atoms with Gasteiger partial charge >= 0.3 is 0 Å². The van der Waals surface area contributed by atoms with Crippen LogP contribution in [0.2, 0.25) is 0 Å². The molecule has 0 aliphatic heterocycles. The molecule has 4 nitrogen and oxygen atoms in total. The Hall–Kier alpha value is -1.42. The van der Waals surface area contributed by atoms with Crippen molar-refractivity contribution in [1.29, 1.82) is 0 Å². The Balaban J connectivity index is 0. The maximum absolute atomic E-state index is 10.1. The van der Waals surface area contributed by atoms with E-state index in [4.69, 9.17) is 4.74 Å². The lowest BCUT2D eigenvalue weighted by molar-refractivity contribution is -0.112. The lowest BCUT2D eigenvalue weighted by atomic mass is 10.2. The number of carbonyl (C=O) groups is 2. The Morgan fingerprint density at radius 2 is 1.88 bits per heavy atom. The number of rotatable bonds is 5. The van der Waals surface area contributed by atoms with E-state index in [1.165, 1.54) is 19.2 Å². The van der Waals surface area contributed by atoms with Crippen molar-refractivity contribution in [2.75, 3.05) is 6.61 Å². The smallest absolute Gasteiger partial charge is 0.211 e. The Labute approximate surface area is 104 Å². The topological polar surface area (TPSA) is 55.4 Å². The summed E-state index contributed by atoms with van der Waals surface area (Å²) < 4.78 is 5.39. The fourth-order valence-electron chi connectivity index (χ4n) is 0.544. The highest BCUT2D eigenvalue weighted by Crippen LogP contribution is 2.07. The predicted molar refractivity (Wildman–Crippen MR) is 69.5 cm³/mol. The van der Waals surface area contributed by atoms with Crippen molar-refractivity contribution in [3.63, 3.8) is 0 Å². The van der Waals surface area contributed by atoms with E-state index in [0.717, 1.165) is 5.57 Å². The SMILES string of the molecule is C=C(C)COC(C)(C)C.CC(=O)/C=C/NC=O. The lowest BCUT2D eigenvalue weighted by Crippen LogP contribution is -2.19. The highest BCUT2D eigenvalue weighted by molar-refractivity contribution is 5.87. The molecule has 0 aromatic rings. The first-order chi connectivity index (χ1) is 7.69. The van der Waals surface area contributed by atoms with Gasteiger partial charge in [-0.25, -0.2) is 0 Å². The first-order valence-corrected chi connectivity index (χ1v) is 5.34. The van der Waals surface area contributed by atoms with Crippen LogP contribution in [0.25, 0.3) is 0 Å². The summed E-state index contributed by atoms with van der Waals surface area (Å²) in [7, 11) is 0. The summed E-state index contributed by atoms with van der Waals surface area (Å²) in [6.07, 6.45) is 3.06. The molecule has 4 heteroatoms. The quantitative estimate of drug-likeness (QED) is 0.456. The van der Waals surface area contributed by atoms with Gasteiger partial charge in [0.15, 0.2) is 5.78 Å². The molecule has 0 aliphatic rings. The molecule has 0 unspecified atom stereocenters. The van der Waals surface area contributed by atoms with Gasteiger partial charge in [0.2, 0.25) is 6.41 Å². The number of amides is 1. The monoisotopic (exact) mass is 241 g/mol. The second-order valence-electron chi connectivity index (χ2n) is 4.59. The van der Waals surface area contributed by atoms with Gasteiger partial charge in [-0.15, -0.1) is 0 Å². The average Bonchev–Trinajstić information content (AvgIpc) is 2.15. The minimum atomic E-state index is -0.0839. The summed E-state index contributed by atoms with van der Waals surface area (Å²) in [5.41, 5.74) is 1.05. The molecule has 0 spiro atoms. The number of hydrogen-bond donors (Lipinski definition) is 1. The van der Waals surface area contributed by atoms with Crippen LogP contribution in [0.1, 0.15) is 34.6 Å². The molecule has 0 rings (SSSR count). The number of ketones is 1. The Bertz CT molecular complexity index is 275. The molecule has 0 saturated heterocycles. The Morgan fingerprint density at radius 3 is 2.12 bits per heavy atom. The number of hydrogen-bond acceptors (Lipinski definition) is 3. The summed E-state index contributed by atoms with van der Waals surface area (Å²) in [4.78, 5) is 19.6. The number of ether oxygens (including phenoxy) is 1. The van der Waals surface area contributed by atoms with Crippen molar-refractivity contribution in [3.8, 4) is 0 Å². The third-order valence-electron chi connectivity index (χ3n) is 1.23. The van der Waals surface area contributed by atoms with Crippen LogP contribution in [-0.4, -0.2) is 24.4 Å². The van der Waals surface area contributed by atoms with Gasteiger partial charge in [0, 0.05) is 6.20 Å². The van der Waals surface area contributed by atoms with Crippen LogP contribution in [0.4, 0.5) is 0 Å². The van der Waals surface area contributed by atoms with Crippen LogP contribution >= 0.6 is 0 Å². The molecule has 0 fully saturated rings. The zero-order chi connectivity index (χ0) is 13.9. The summed E-state index contributed by atoms with van der Waals surface area (Å²) in [6.45, 7) is 13.9. The summed E-state index contributed by atoms with van der Waals surface area (Å²) in [5.74, 6) is -0.0839. The standard InChI is InChI=1S/C8H16O.C5H7NO2/c1-7(2)6-9-8(3,4)5;1-5(8)2-3-6-4-7/h1,6H2,2-5H3;2-4H,1H3,(H,6,7)/b;3-2+. The van der Waals surface area contributed by atoms with E-state index in [-0.39, 0.29) is 11.4 Å². The molecule has 0 radical (unpaired) electrons. The molecule has 0 aromatic carbocycles. The van der Waals surface area contributed by atoms with Crippen molar-refractivity contribution >= 4 is 12.2 Å². The molecule has 17 heavy (non-hydrogen) atoms. The van der Waals surface area contributed by atoms with Crippen LogP contribution in [0, 0.1) is 0 Å². The van der Waals surface area contributed by atoms with Crippen LogP contribution in [-0.2, 0) is 14.3 Å². The normalized spacial score (nSPS) is 10.4. The van der Waals surface area contributed by atoms with Gasteiger partial charge in [-0.05, 0) is 40.7 Å². The van der Waals surface area contributed by atoms with Gasteiger partial charge in [0.1, 0.15) is 0 Å². The molecule has 0 bridgehead atoms. The van der Waals surface area contributed by atoms with Crippen molar-refractivity contribution in [1.82, 2.24) is 5.32 Å². The van der Waals surface area contributed by atoms with Crippen LogP contribution in [0.5, 0.6) is 0 Å². The maximum Gasteiger partial charge on any atom is 0.211 e. The van der Waals surface area contributed by atoms with E-state index in [1.807, 2.05) is 27.7 Å². The van der Waals surface area contributed by atoms with Gasteiger partial charge in [-0.3, -0.25) is 9.59 Å². The molecule has 98 valence electrons. The molecule has 0 heterocycles. The summed E-state index contributed by atoms with van der Waals surface area (Å²) in [6, 6.07) is 0. The molecular weight excluding hydrogens is 218 g/mol. The lowest BCUT2D eigenvalue weighted by Gasteiger charge is -2.19. The largest absolute Gasteiger partial charge is 0.372 e. The van der Waals surface area contributed by atoms with Gasteiger partial charge in [-0.2, -0.15) is 0 Å². The average molecular weight is 241 g/mol. The van der Waals surface area contributed by atoms with E-state index < -0.39 is 0 Å². The van der Waals surface area contributed by atoms with Gasteiger partial charge < -0.3 is 10.1 Å². The van der Waals surface area contributed by atoms with Crippen molar-refractivity contribution in [3.05, 3.63) is 24.4 Å². The third kappa shape index (κ3) is 25.1. The van der Waals surface area contributed by atoms with E-state index in [1.54, 1.807) is 0 Å². The summed E-state index contributed by atoms with van der Waals surface area (Å²) in [5, 5.41) is 2.20. The van der Waals surface area contributed by atoms with E-state index >= 15 is 0 Å². The zero-order valence-electron chi connectivity index (χ0n) is 11.4.